The molecule has 0 aliphatic heterocycles. The second-order valence-corrected chi connectivity index (χ2v) is 5.00. The first-order valence-electron chi connectivity index (χ1n) is 6.13. The van der Waals surface area contributed by atoms with Crippen molar-refractivity contribution in [3.05, 3.63) is 35.1 Å². The molecule has 0 heterocycles. The molecule has 17 heavy (non-hydrogen) atoms. The second-order valence-electron chi connectivity index (χ2n) is 5.00. The average Bonchev–Trinajstić information content (AvgIpc) is 2.23. The average molecular weight is 237 g/mol. The summed E-state index contributed by atoms with van der Waals surface area (Å²) in [6.07, 6.45) is 3.87. The van der Waals surface area contributed by atoms with Gasteiger partial charge in [-0.1, -0.05) is 6.07 Å². The highest BCUT2D eigenvalue weighted by Gasteiger charge is 2.42. The van der Waals surface area contributed by atoms with E-state index in [1.807, 2.05) is 6.92 Å². The molecule has 1 aliphatic rings. The van der Waals surface area contributed by atoms with Crippen LogP contribution in [0.4, 0.5) is 4.39 Å². The highest BCUT2D eigenvalue weighted by Crippen LogP contribution is 2.38. The van der Waals surface area contributed by atoms with E-state index >= 15 is 0 Å². The van der Waals surface area contributed by atoms with Crippen LogP contribution in [0.3, 0.4) is 0 Å². The van der Waals surface area contributed by atoms with Gasteiger partial charge in [-0.25, -0.2) is 4.39 Å². The normalized spacial score (nSPS) is 19.8. The Morgan fingerprint density at radius 3 is 2.71 bits per heavy atom. The molecular weight excluding hydrogens is 217 g/mol. The second kappa shape index (κ2) is 4.75. The predicted octanol–water partition coefficient (Wildman–Crippen LogP) is 2.57. The molecule has 1 aliphatic carbocycles. The van der Waals surface area contributed by atoms with E-state index in [0.29, 0.717) is 6.42 Å². The van der Waals surface area contributed by atoms with Gasteiger partial charge in [0.15, 0.2) is 0 Å². The van der Waals surface area contributed by atoms with E-state index in [0.717, 1.165) is 24.0 Å². The number of halogens is 1. The lowest BCUT2D eigenvalue weighted by molar-refractivity contribution is -0.0897. The van der Waals surface area contributed by atoms with Crippen LogP contribution in [-0.4, -0.2) is 18.8 Å². The molecule has 0 radical (unpaired) electrons. The van der Waals surface area contributed by atoms with E-state index in [1.54, 1.807) is 19.2 Å². The van der Waals surface area contributed by atoms with Crippen molar-refractivity contribution in [1.29, 1.82) is 0 Å². The van der Waals surface area contributed by atoms with Crippen LogP contribution in [0.25, 0.3) is 0 Å². The van der Waals surface area contributed by atoms with Gasteiger partial charge in [0, 0.05) is 13.2 Å². The van der Waals surface area contributed by atoms with Crippen molar-refractivity contribution < 1.29 is 9.13 Å². The van der Waals surface area contributed by atoms with E-state index < -0.39 is 0 Å². The summed E-state index contributed by atoms with van der Waals surface area (Å²) in [5.74, 6) is -0.196. The summed E-state index contributed by atoms with van der Waals surface area (Å²) < 4.78 is 18.8. The third kappa shape index (κ3) is 2.35. The van der Waals surface area contributed by atoms with Crippen molar-refractivity contribution in [3.8, 4) is 0 Å². The number of hydrogen-bond acceptors (Lipinski definition) is 2. The van der Waals surface area contributed by atoms with E-state index in [1.165, 1.54) is 12.5 Å². The first-order chi connectivity index (χ1) is 8.07. The molecule has 0 aromatic heterocycles. The van der Waals surface area contributed by atoms with E-state index in [-0.39, 0.29) is 17.5 Å². The van der Waals surface area contributed by atoms with E-state index in [4.69, 9.17) is 10.5 Å². The monoisotopic (exact) mass is 237 g/mol. The molecular formula is C14H20FNO. The largest absolute Gasteiger partial charge is 0.377 e. The maximum atomic E-state index is 13.2. The van der Waals surface area contributed by atoms with Crippen LogP contribution >= 0.6 is 0 Å². The number of rotatable bonds is 4. The topological polar surface area (TPSA) is 35.2 Å². The summed E-state index contributed by atoms with van der Waals surface area (Å²) >= 11 is 0. The maximum absolute atomic E-state index is 13.2. The Balaban J connectivity index is 2.12. The van der Waals surface area contributed by atoms with E-state index in [2.05, 4.69) is 0 Å². The number of aryl methyl sites for hydroxylation is 1. The van der Waals surface area contributed by atoms with Gasteiger partial charge in [0.05, 0.1) is 5.60 Å². The van der Waals surface area contributed by atoms with Gasteiger partial charge >= 0.3 is 0 Å². The van der Waals surface area contributed by atoms with Gasteiger partial charge in [-0.15, -0.1) is 0 Å². The lowest BCUT2D eigenvalue weighted by Gasteiger charge is -2.45. The zero-order valence-electron chi connectivity index (χ0n) is 10.5. The Bertz CT molecular complexity index is 396. The first-order valence-corrected chi connectivity index (χ1v) is 6.13. The molecule has 0 spiro atoms. The molecule has 3 heteroatoms. The fraction of sp³-hybridized carbons (Fsp3) is 0.571. The lowest BCUT2D eigenvalue weighted by atomic mass is 9.73. The Labute approximate surface area is 102 Å². The molecule has 2 nitrogen and oxygen atoms in total. The van der Waals surface area contributed by atoms with Crippen LogP contribution in [0.1, 0.15) is 30.4 Å². The van der Waals surface area contributed by atoms with Gasteiger partial charge in [-0.05, 0) is 55.9 Å². The van der Waals surface area contributed by atoms with Crippen LogP contribution in [0.5, 0.6) is 0 Å². The fourth-order valence-electron chi connectivity index (χ4n) is 2.53. The van der Waals surface area contributed by atoms with Crippen molar-refractivity contribution in [1.82, 2.24) is 0 Å². The molecule has 1 atom stereocenters. The van der Waals surface area contributed by atoms with E-state index in [9.17, 15) is 4.39 Å². The SMILES string of the molecule is COC1(C(N)Cc2cc(F)ccc2C)CCC1. The van der Waals surface area contributed by atoms with Gasteiger partial charge in [0.25, 0.3) is 0 Å². The van der Waals surface area contributed by atoms with Gasteiger partial charge in [0.2, 0.25) is 0 Å². The zero-order chi connectivity index (χ0) is 12.5. The summed E-state index contributed by atoms with van der Waals surface area (Å²) in [6.45, 7) is 1.99. The standard InChI is InChI=1S/C14H20FNO/c1-10-4-5-12(15)8-11(10)9-13(16)14(17-2)6-3-7-14/h4-5,8,13H,3,6-7,9,16H2,1-2H3. The summed E-state index contributed by atoms with van der Waals surface area (Å²) in [7, 11) is 1.72. The molecule has 1 saturated carbocycles. The molecule has 0 saturated heterocycles. The molecule has 1 unspecified atom stereocenters. The molecule has 2 rings (SSSR count). The molecule has 1 aromatic rings. The number of nitrogens with two attached hydrogens (primary N) is 1. The van der Waals surface area contributed by atoms with Crippen molar-refractivity contribution in [3.63, 3.8) is 0 Å². The van der Waals surface area contributed by atoms with Crippen molar-refractivity contribution in [2.45, 2.75) is 44.2 Å². The van der Waals surface area contributed by atoms with Crippen LogP contribution in [-0.2, 0) is 11.2 Å². The van der Waals surface area contributed by atoms with Crippen molar-refractivity contribution in [2.24, 2.45) is 5.73 Å². The Morgan fingerprint density at radius 1 is 1.47 bits per heavy atom. The molecule has 0 bridgehead atoms. The summed E-state index contributed by atoms with van der Waals surface area (Å²) in [4.78, 5) is 0. The smallest absolute Gasteiger partial charge is 0.123 e. The summed E-state index contributed by atoms with van der Waals surface area (Å²) in [5, 5.41) is 0. The predicted molar refractivity (Wildman–Crippen MR) is 66.4 cm³/mol. The van der Waals surface area contributed by atoms with Gasteiger partial charge in [-0.3, -0.25) is 0 Å². The minimum absolute atomic E-state index is 0.0539. The van der Waals surface area contributed by atoms with Gasteiger partial charge in [0.1, 0.15) is 5.82 Å². The summed E-state index contributed by atoms with van der Waals surface area (Å²) in [5.41, 5.74) is 8.12. The van der Waals surface area contributed by atoms with Crippen molar-refractivity contribution >= 4 is 0 Å². The molecule has 2 N–H and O–H groups in total. The Hall–Kier alpha value is -0.930. The number of hydrogen-bond donors (Lipinski definition) is 1. The maximum Gasteiger partial charge on any atom is 0.123 e. The van der Waals surface area contributed by atoms with Gasteiger partial charge in [-0.2, -0.15) is 0 Å². The number of ether oxygens (including phenoxy) is 1. The third-order valence-electron chi connectivity index (χ3n) is 4.03. The molecule has 0 amide bonds. The Kier molecular flexibility index (Phi) is 3.50. The zero-order valence-corrected chi connectivity index (χ0v) is 10.5. The number of benzene rings is 1. The van der Waals surface area contributed by atoms with Crippen LogP contribution in [0.2, 0.25) is 0 Å². The highest BCUT2D eigenvalue weighted by molar-refractivity contribution is 5.28. The molecule has 94 valence electrons. The van der Waals surface area contributed by atoms with Gasteiger partial charge < -0.3 is 10.5 Å². The Morgan fingerprint density at radius 2 is 2.18 bits per heavy atom. The minimum atomic E-state index is -0.196. The quantitative estimate of drug-likeness (QED) is 0.873. The lowest BCUT2D eigenvalue weighted by Crippen LogP contribution is -2.55. The van der Waals surface area contributed by atoms with Crippen LogP contribution < -0.4 is 5.73 Å². The number of methoxy groups -OCH3 is 1. The summed E-state index contributed by atoms with van der Waals surface area (Å²) in [6, 6.07) is 4.82. The first kappa shape index (κ1) is 12.5. The minimum Gasteiger partial charge on any atom is -0.377 e. The molecule has 1 fully saturated rings. The van der Waals surface area contributed by atoms with Crippen LogP contribution in [0.15, 0.2) is 18.2 Å². The highest BCUT2D eigenvalue weighted by atomic mass is 19.1. The van der Waals surface area contributed by atoms with Crippen molar-refractivity contribution in [2.75, 3.05) is 7.11 Å². The third-order valence-corrected chi connectivity index (χ3v) is 4.03. The van der Waals surface area contributed by atoms with Crippen LogP contribution in [0, 0.1) is 12.7 Å². The molecule has 1 aromatic carbocycles. The fourth-order valence-corrected chi connectivity index (χ4v) is 2.53.